The molecule has 0 aliphatic carbocycles. The van der Waals surface area contributed by atoms with E-state index < -0.39 is 6.10 Å². The number of rotatable bonds is 6. The van der Waals surface area contributed by atoms with Gasteiger partial charge in [0.1, 0.15) is 0 Å². The van der Waals surface area contributed by atoms with Gasteiger partial charge in [0.2, 0.25) is 6.10 Å². The summed E-state index contributed by atoms with van der Waals surface area (Å²) in [6.45, 7) is 2.15. The molecular weight excluding hydrogens is 264 g/mol. The third kappa shape index (κ3) is 5.10. The lowest BCUT2D eigenvalue weighted by molar-refractivity contribution is -0.131. The van der Waals surface area contributed by atoms with Gasteiger partial charge in [-0.2, -0.15) is 0 Å². The van der Waals surface area contributed by atoms with Gasteiger partial charge in [-0.15, -0.1) is 0 Å². The minimum atomic E-state index is -0.631. The molecule has 0 aliphatic heterocycles. The average Bonchev–Trinajstić information content (AvgIpc) is 2.54. The van der Waals surface area contributed by atoms with Crippen LogP contribution < -0.4 is 5.32 Å². The van der Waals surface area contributed by atoms with Crippen molar-refractivity contribution < 1.29 is 9.63 Å². The fourth-order valence-corrected chi connectivity index (χ4v) is 1.70. The number of amides is 1. The van der Waals surface area contributed by atoms with E-state index in [-0.39, 0.29) is 5.91 Å². The van der Waals surface area contributed by atoms with Gasteiger partial charge in [-0.3, -0.25) is 4.79 Å². The third-order valence-corrected chi connectivity index (χ3v) is 2.90. The third-order valence-electron chi connectivity index (χ3n) is 2.90. The Morgan fingerprint density at radius 3 is 2.43 bits per heavy atom. The number of oxime groups is 1. The van der Waals surface area contributed by atoms with E-state index in [2.05, 4.69) is 10.5 Å². The molecule has 0 radical (unpaired) electrons. The highest BCUT2D eigenvalue weighted by Gasteiger charge is 2.13. The van der Waals surface area contributed by atoms with Crippen molar-refractivity contribution in [3.8, 4) is 0 Å². The van der Waals surface area contributed by atoms with Gasteiger partial charge in [0.15, 0.2) is 0 Å². The van der Waals surface area contributed by atoms with Crippen LogP contribution in [0.1, 0.15) is 18.1 Å². The van der Waals surface area contributed by atoms with E-state index in [1.54, 1.807) is 13.1 Å². The number of carbonyl (C=O) groups is 1. The smallest absolute Gasteiger partial charge is 0.263 e. The van der Waals surface area contributed by atoms with E-state index in [4.69, 9.17) is 4.84 Å². The van der Waals surface area contributed by atoms with E-state index >= 15 is 0 Å². The summed E-state index contributed by atoms with van der Waals surface area (Å²) in [5.41, 5.74) is 1.97. The lowest BCUT2D eigenvalue weighted by Crippen LogP contribution is -2.33. The Bertz CT molecular complexity index is 582. The van der Waals surface area contributed by atoms with E-state index in [1.165, 1.54) is 0 Å². The second-order valence-corrected chi connectivity index (χ2v) is 4.60. The van der Waals surface area contributed by atoms with Gasteiger partial charge in [-0.1, -0.05) is 65.8 Å². The van der Waals surface area contributed by atoms with Crippen LogP contribution in [0, 0.1) is 0 Å². The van der Waals surface area contributed by atoms with Gasteiger partial charge in [-0.05, 0) is 18.1 Å². The molecule has 0 saturated heterocycles. The van der Waals surface area contributed by atoms with Gasteiger partial charge < -0.3 is 10.2 Å². The summed E-state index contributed by atoms with van der Waals surface area (Å²) in [5, 5.41) is 6.64. The van der Waals surface area contributed by atoms with Crippen LogP contribution in [-0.2, 0) is 16.2 Å². The van der Waals surface area contributed by atoms with Crippen LogP contribution in [0.5, 0.6) is 0 Å². The first-order valence-corrected chi connectivity index (χ1v) is 6.81. The van der Waals surface area contributed by atoms with Crippen LogP contribution >= 0.6 is 0 Å². The monoisotopic (exact) mass is 282 g/mol. The van der Waals surface area contributed by atoms with Crippen molar-refractivity contribution in [2.24, 2.45) is 5.16 Å². The molecule has 0 unspecified atom stereocenters. The first-order valence-electron chi connectivity index (χ1n) is 6.81. The van der Waals surface area contributed by atoms with E-state index in [9.17, 15) is 4.79 Å². The summed E-state index contributed by atoms with van der Waals surface area (Å²) < 4.78 is 0. The zero-order valence-electron chi connectivity index (χ0n) is 11.9. The number of carbonyl (C=O) groups excluding carboxylic acids is 1. The molecular formula is C17H18N2O2. The molecule has 21 heavy (non-hydrogen) atoms. The Morgan fingerprint density at radius 2 is 1.76 bits per heavy atom. The van der Waals surface area contributed by atoms with Gasteiger partial charge in [-0.25, -0.2) is 0 Å². The minimum absolute atomic E-state index is 0.191. The second-order valence-electron chi connectivity index (χ2n) is 4.60. The second kappa shape index (κ2) is 7.85. The molecule has 1 N–H and O–H groups in total. The topological polar surface area (TPSA) is 50.7 Å². The molecule has 0 aliphatic rings. The predicted molar refractivity (Wildman–Crippen MR) is 82.9 cm³/mol. The summed E-state index contributed by atoms with van der Waals surface area (Å²) in [6, 6.07) is 19.3. The molecule has 2 rings (SSSR count). The highest BCUT2D eigenvalue weighted by molar-refractivity contribution is 5.81. The molecule has 0 saturated carbocycles. The fraction of sp³-hybridized carbons (Fsp3) is 0.176. The maximum Gasteiger partial charge on any atom is 0.263 e. The Labute approximate surface area is 124 Å². The van der Waals surface area contributed by atoms with Gasteiger partial charge in [0.05, 0.1) is 6.21 Å². The lowest BCUT2D eigenvalue weighted by atomic mass is 10.2. The zero-order chi connectivity index (χ0) is 14.9. The number of hydrogen-bond donors (Lipinski definition) is 1. The first-order chi connectivity index (χ1) is 10.3. The largest absolute Gasteiger partial charge is 0.383 e. The number of hydrogen-bond acceptors (Lipinski definition) is 3. The summed E-state index contributed by atoms with van der Waals surface area (Å²) in [6.07, 6.45) is 0.953. The number of benzene rings is 2. The van der Waals surface area contributed by atoms with Crippen molar-refractivity contribution in [1.29, 1.82) is 0 Å². The molecule has 2 aromatic carbocycles. The van der Waals surface area contributed by atoms with Crippen LogP contribution in [0.15, 0.2) is 65.8 Å². The summed E-state index contributed by atoms with van der Waals surface area (Å²) >= 11 is 0. The lowest BCUT2D eigenvalue weighted by Gasteiger charge is -2.10. The summed E-state index contributed by atoms with van der Waals surface area (Å²) in [7, 11) is 0. The van der Waals surface area contributed by atoms with Crippen LogP contribution in [-0.4, -0.2) is 18.2 Å². The Balaban J connectivity index is 1.76. The standard InChI is InChI=1S/C17H18N2O2/c1-14(21-19-13-16-10-6-3-7-11-16)17(20)18-12-15-8-4-2-5-9-15/h2-11,13-14H,12H2,1H3,(H,18,20)/b19-13-/t14-/m0/s1. The highest BCUT2D eigenvalue weighted by atomic mass is 16.6. The van der Waals surface area contributed by atoms with Crippen molar-refractivity contribution in [3.05, 3.63) is 71.8 Å². The van der Waals surface area contributed by atoms with Crippen molar-refractivity contribution in [3.63, 3.8) is 0 Å². The Hall–Kier alpha value is -2.62. The molecule has 108 valence electrons. The number of nitrogens with zero attached hydrogens (tertiary/aromatic N) is 1. The van der Waals surface area contributed by atoms with Crippen molar-refractivity contribution >= 4 is 12.1 Å². The SMILES string of the molecule is C[C@H](O/N=C\c1ccccc1)C(=O)NCc1ccccc1. The number of nitrogens with one attached hydrogen (secondary N) is 1. The van der Waals surface area contributed by atoms with Gasteiger partial charge >= 0.3 is 0 Å². The zero-order valence-corrected chi connectivity index (χ0v) is 11.9. The Morgan fingerprint density at radius 1 is 1.14 bits per heavy atom. The maximum atomic E-state index is 11.8. The van der Waals surface area contributed by atoms with Crippen molar-refractivity contribution in [2.75, 3.05) is 0 Å². The molecule has 0 heterocycles. The molecule has 0 fully saturated rings. The quantitative estimate of drug-likeness (QED) is 0.654. The molecule has 4 nitrogen and oxygen atoms in total. The predicted octanol–water partition coefficient (Wildman–Crippen LogP) is 2.74. The first kappa shape index (κ1) is 14.8. The molecule has 0 aromatic heterocycles. The van der Waals surface area contributed by atoms with Crippen LogP contribution in [0.25, 0.3) is 0 Å². The van der Waals surface area contributed by atoms with Crippen LogP contribution in [0.2, 0.25) is 0 Å². The van der Waals surface area contributed by atoms with E-state index in [0.29, 0.717) is 6.54 Å². The van der Waals surface area contributed by atoms with E-state index in [1.807, 2.05) is 60.7 Å². The average molecular weight is 282 g/mol. The van der Waals surface area contributed by atoms with Crippen LogP contribution in [0.3, 0.4) is 0 Å². The fourth-order valence-electron chi connectivity index (χ4n) is 1.70. The van der Waals surface area contributed by atoms with Gasteiger partial charge in [0.25, 0.3) is 5.91 Å². The summed E-state index contributed by atoms with van der Waals surface area (Å²) in [4.78, 5) is 17.0. The molecule has 4 heteroatoms. The molecule has 1 amide bonds. The molecule has 2 aromatic rings. The normalized spacial score (nSPS) is 12.0. The maximum absolute atomic E-state index is 11.8. The summed E-state index contributed by atoms with van der Waals surface area (Å²) in [5.74, 6) is -0.191. The molecule has 1 atom stereocenters. The Kier molecular flexibility index (Phi) is 5.52. The van der Waals surface area contributed by atoms with Gasteiger partial charge in [0, 0.05) is 6.54 Å². The van der Waals surface area contributed by atoms with Crippen molar-refractivity contribution in [2.45, 2.75) is 19.6 Å². The molecule has 0 bridgehead atoms. The van der Waals surface area contributed by atoms with Crippen LogP contribution in [0.4, 0.5) is 0 Å². The highest BCUT2D eigenvalue weighted by Crippen LogP contribution is 1.99. The van der Waals surface area contributed by atoms with E-state index in [0.717, 1.165) is 11.1 Å². The molecule has 0 spiro atoms. The minimum Gasteiger partial charge on any atom is -0.383 e. The van der Waals surface area contributed by atoms with Crippen molar-refractivity contribution in [1.82, 2.24) is 5.32 Å².